The molecule has 0 heterocycles. The van der Waals surface area contributed by atoms with E-state index in [1.54, 1.807) is 0 Å². The number of nitrogens with two attached hydrogens (primary N) is 1. The average Bonchev–Trinajstić information content (AvgIpc) is 1.85. The number of hydrogen-bond donors (Lipinski definition) is 2. The van der Waals surface area contributed by atoms with Crippen molar-refractivity contribution in [1.82, 2.24) is 0 Å². The summed E-state index contributed by atoms with van der Waals surface area (Å²) in [6, 6.07) is 0. The van der Waals surface area contributed by atoms with Crippen LogP contribution < -0.4 is 5.73 Å². The number of hydrogen-bond acceptors (Lipinski definition) is 2. The molecule has 0 fully saturated rings. The van der Waals surface area contributed by atoms with Crippen LogP contribution in [0.3, 0.4) is 0 Å². The lowest BCUT2D eigenvalue weighted by Crippen LogP contribution is -2.22. The number of nitrogens with zero attached hydrogens (tertiary/aromatic N) is 1. The molecule has 1 unspecified atom stereocenters. The summed E-state index contributed by atoms with van der Waals surface area (Å²) in [5, 5.41) is 11.2. The van der Waals surface area contributed by atoms with Crippen molar-refractivity contribution in [3.8, 4) is 0 Å². The van der Waals surface area contributed by atoms with Gasteiger partial charge in [0.25, 0.3) is 0 Å². The predicted octanol–water partition coefficient (Wildman–Crippen LogP) is 1.42. The van der Waals surface area contributed by atoms with E-state index in [9.17, 15) is 0 Å². The van der Waals surface area contributed by atoms with E-state index in [-0.39, 0.29) is 5.92 Å². The summed E-state index contributed by atoms with van der Waals surface area (Å²) in [5.74, 6) is 1.11. The lowest BCUT2D eigenvalue weighted by Gasteiger charge is -2.10. The normalized spacial score (nSPS) is 15.8. The van der Waals surface area contributed by atoms with Crippen molar-refractivity contribution < 1.29 is 5.21 Å². The van der Waals surface area contributed by atoms with Gasteiger partial charge in [0.1, 0.15) is 5.84 Å². The molecule has 0 rings (SSSR count). The smallest absolute Gasteiger partial charge is 0.141 e. The van der Waals surface area contributed by atoms with Gasteiger partial charge in [-0.2, -0.15) is 0 Å². The lowest BCUT2D eigenvalue weighted by molar-refractivity contribution is 0.312. The first kappa shape index (κ1) is 9.27. The Morgan fingerprint density at radius 2 is 2.00 bits per heavy atom. The molecule has 0 aromatic rings. The Morgan fingerprint density at radius 1 is 1.50 bits per heavy atom. The largest absolute Gasteiger partial charge is 0.409 e. The molecule has 0 aromatic heterocycles. The average molecular weight is 144 g/mol. The SMILES string of the molecule is CC(C)CC(C)C(N)=NO. The van der Waals surface area contributed by atoms with Gasteiger partial charge in [-0.25, -0.2) is 0 Å². The second-order valence-corrected chi connectivity index (χ2v) is 3.06. The minimum absolute atomic E-state index is 0.185. The maximum Gasteiger partial charge on any atom is 0.141 e. The summed E-state index contributed by atoms with van der Waals surface area (Å²) in [7, 11) is 0. The Balaban J connectivity index is 3.73. The predicted molar refractivity (Wildman–Crippen MR) is 42.0 cm³/mol. The van der Waals surface area contributed by atoms with Crippen LogP contribution in [0.4, 0.5) is 0 Å². The van der Waals surface area contributed by atoms with Crippen molar-refractivity contribution in [2.45, 2.75) is 27.2 Å². The molecular formula is C7H16N2O. The van der Waals surface area contributed by atoms with Crippen molar-refractivity contribution in [3.63, 3.8) is 0 Å². The Hall–Kier alpha value is -0.730. The second kappa shape index (κ2) is 4.14. The van der Waals surface area contributed by atoms with Crippen LogP contribution in [-0.2, 0) is 0 Å². The Kier molecular flexibility index (Phi) is 3.84. The fraction of sp³-hybridized carbons (Fsp3) is 0.857. The molecule has 1 atom stereocenters. The van der Waals surface area contributed by atoms with Crippen LogP contribution in [0.25, 0.3) is 0 Å². The van der Waals surface area contributed by atoms with Gasteiger partial charge in [0, 0.05) is 5.92 Å². The molecule has 0 spiro atoms. The van der Waals surface area contributed by atoms with Gasteiger partial charge in [0.15, 0.2) is 0 Å². The highest BCUT2D eigenvalue weighted by Crippen LogP contribution is 2.10. The zero-order valence-corrected chi connectivity index (χ0v) is 6.83. The van der Waals surface area contributed by atoms with Gasteiger partial charge in [0.2, 0.25) is 0 Å². The van der Waals surface area contributed by atoms with Crippen LogP contribution in [0, 0.1) is 11.8 Å². The van der Waals surface area contributed by atoms with Gasteiger partial charge >= 0.3 is 0 Å². The van der Waals surface area contributed by atoms with Crippen LogP contribution in [0.1, 0.15) is 27.2 Å². The third kappa shape index (κ3) is 3.33. The van der Waals surface area contributed by atoms with E-state index in [1.165, 1.54) is 0 Å². The quantitative estimate of drug-likeness (QED) is 0.272. The van der Waals surface area contributed by atoms with E-state index in [2.05, 4.69) is 19.0 Å². The summed E-state index contributed by atoms with van der Waals surface area (Å²) in [4.78, 5) is 0. The summed E-state index contributed by atoms with van der Waals surface area (Å²) in [6.07, 6.45) is 0.968. The summed E-state index contributed by atoms with van der Waals surface area (Å²) in [5.41, 5.74) is 5.36. The van der Waals surface area contributed by atoms with Crippen LogP contribution in [0.15, 0.2) is 5.16 Å². The van der Waals surface area contributed by atoms with Crippen molar-refractivity contribution in [3.05, 3.63) is 0 Å². The molecule has 3 heteroatoms. The zero-order valence-electron chi connectivity index (χ0n) is 6.83. The molecule has 0 radical (unpaired) electrons. The third-order valence-corrected chi connectivity index (χ3v) is 1.45. The lowest BCUT2D eigenvalue weighted by atomic mass is 9.98. The van der Waals surface area contributed by atoms with E-state index in [1.807, 2.05) is 6.92 Å². The van der Waals surface area contributed by atoms with Crippen LogP contribution in [0.2, 0.25) is 0 Å². The molecule has 3 nitrogen and oxygen atoms in total. The van der Waals surface area contributed by atoms with Crippen LogP contribution >= 0.6 is 0 Å². The number of amidine groups is 1. The maximum atomic E-state index is 8.28. The van der Waals surface area contributed by atoms with Crippen molar-refractivity contribution in [1.29, 1.82) is 0 Å². The molecule has 3 N–H and O–H groups in total. The monoisotopic (exact) mass is 144 g/mol. The first-order valence-corrected chi connectivity index (χ1v) is 3.55. The zero-order chi connectivity index (χ0) is 8.15. The molecule has 10 heavy (non-hydrogen) atoms. The van der Waals surface area contributed by atoms with E-state index >= 15 is 0 Å². The fourth-order valence-electron chi connectivity index (χ4n) is 0.926. The van der Waals surface area contributed by atoms with Gasteiger partial charge in [-0.05, 0) is 12.3 Å². The van der Waals surface area contributed by atoms with Gasteiger partial charge in [-0.15, -0.1) is 0 Å². The number of oxime groups is 1. The summed E-state index contributed by atoms with van der Waals surface area (Å²) >= 11 is 0. The Bertz CT molecular complexity index is 121. The molecule has 0 aliphatic carbocycles. The molecule has 0 saturated carbocycles. The van der Waals surface area contributed by atoms with Crippen molar-refractivity contribution in [2.75, 3.05) is 0 Å². The third-order valence-electron chi connectivity index (χ3n) is 1.45. The number of rotatable bonds is 3. The van der Waals surface area contributed by atoms with E-state index in [4.69, 9.17) is 10.9 Å². The summed E-state index contributed by atoms with van der Waals surface area (Å²) in [6.45, 7) is 6.18. The van der Waals surface area contributed by atoms with Crippen LogP contribution in [-0.4, -0.2) is 11.0 Å². The van der Waals surface area contributed by atoms with E-state index < -0.39 is 0 Å². The van der Waals surface area contributed by atoms with Gasteiger partial charge in [0.05, 0.1) is 0 Å². The summed E-state index contributed by atoms with van der Waals surface area (Å²) < 4.78 is 0. The minimum Gasteiger partial charge on any atom is -0.409 e. The minimum atomic E-state index is 0.185. The second-order valence-electron chi connectivity index (χ2n) is 3.06. The molecule has 0 saturated heterocycles. The molecule has 0 bridgehead atoms. The standard InChI is InChI=1S/C7H16N2O/c1-5(2)4-6(3)7(8)9-10/h5-6,10H,4H2,1-3H3,(H2,8,9). The highest BCUT2D eigenvalue weighted by atomic mass is 16.4. The van der Waals surface area contributed by atoms with Crippen LogP contribution in [0.5, 0.6) is 0 Å². The molecule has 0 amide bonds. The molecule has 0 aromatic carbocycles. The molecule has 60 valence electrons. The van der Waals surface area contributed by atoms with Gasteiger partial charge < -0.3 is 10.9 Å². The first-order chi connectivity index (χ1) is 4.57. The van der Waals surface area contributed by atoms with Crippen molar-refractivity contribution in [2.24, 2.45) is 22.7 Å². The topological polar surface area (TPSA) is 58.6 Å². The fourth-order valence-corrected chi connectivity index (χ4v) is 0.926. The van der Waals surface area contributed by atoms with Crippen molar-refractivity contribution >= 4 is 5.84 Å². The van der Waals surface area contributed by atoms with Gasteiger partial charge in [-0.3, -0.25) is 0 Å². The highest BCUT2D eigenvalue weighted by Gasteiger charge is 2.08. The molecule has 0 aliphatic heterocycles. The molecular weight excluding hydrogens is 128 g/mol. The Morgan fingerprint density at radius 3 is 2.30 bits per heavy atom. The highest BCUT2D eigenvalue weighted by molar-refractivity contribution is 5.81. The van der Waals surface area contributed by atoms with E-state index in [0.29, 0.717) is 11.8 Å². The maximum absolute atomic E-state index is 8.28. The Labute approximate surface area is 61.9 Å². The first-order valence-electron chi connectivity index (χ1n) is 3.55. The molecule has 0 aliphatic rings. The van der Waals surface area contributed by atoms with Gasteiger partial charge in [-0.1, -0.05) is 25.9 Å². The van der Waals surface area contributed by atoms with E-state index in [0.717, 1.165) is 6.42 Å².